The molecule has 0 radical (unpaired) electrons. The van der Waals surface area contributed by atoms with Crippen LogP contribution in [0.3, 0.4) is 0 Å². The fourth-order valence-corrected chi connectivity index (χ4v) is 3.70. The lowest BCUT2D eigenvalue weighted by Crippen LogP contribution is -2.40. The zero-order chi connectivity index (χ0) is 16.1. The van der Waals surface area contributed by atoms with Gasteiger partial charge in [0.2, 0.25) is 0 Å². The molecule has 3 rings (SSSR count). The van der Waals surface area contributed by atoms with E-state index in [4.69, 9.17) is 4.99 Å². The molecule has 1 aliphatic rings. The number of guanidine groups is 1. The Labute approximate surface area is 165 Å². The molecule has 1 unspecified atom stereocenters. The van der Waals surface area contributed by atoms with E-state index in [2.05, 4.69) is 59.4 Å². The second-order valence-corrected chi connectivity index (χ2v) is 6.81. The van der Waals surface area contributed by atoms with Crippen molar-refractivity contribution in [3.05, 3.63) is 52.0 Å². The molecule has 0 bridgehead atoms. The highest BCUT2D eigenvalue weighted by molar-refractivity contribution is 14.0. The minimum Gasteiger partial charge on any atom is -0.357 e. The SMILES string of the molecule is CCNC(=NCc1scnc1C)N1CCC(c2ccccc2)C1.I. The van der Waals surface area contributed by atoms with Gasteiger partial charge >= 0.3 is 0 Å². The average molecular weight is 456 g/mol. The number of benzene rings is 1. The molecule has 0 spiro atoms. The third kappa shape index (κ3) is 4.69. The van der Waals surface area contributed by atoms with Crippen molar-refractivity contribution >= 4 is 41.3 Å². The molecule has 130 valence electrons. The first kappa shape index (κ1) is 19.2. The number of hydrogen-bond donors (Lipinski definition) is 1. The summed E-state index contributed by atoms with van der Waals surface area (Å²) in [5.74, 6) is 1.63. The minimum atomic E-state index is 0. The van der Waals surface area contributed by atoms with Crippen LogP contribution in [-0.2, 0) is 6.54 Å². The largest absolute Gasteiger partial charge is 0.357 e. The van der Waals surface area contributed by atoms with Crippen LogP contribution in [0, 0.1) is 6.92 Å². The van der Waals surface area contributed by atoms with Gasteiger partial charge in [0.1, 0.15) is 0 Å². The molecule has 4 nitrogen and oxygen atoms in total. The topological polar surface area (TPSA) is 40.5 Å². The van der Waals surface area contributed by atoms with Gasteiger partial charge < -0.3 is 10.2 Å². The van der Waals surface area contributed by atoms with Crippen LogP contribution in [0.15, 0.2) is 40.8 Å². The Morgan fingerprint density at radius 2 is 2.17 bits per heavy atom. The van der Waals surface area contributed by atoms with E-state index in [9.17, 15) is 0 Å². The summed E-state index contributed by atoms with van der Waals surface area (Å²) in [5, 5.41) is 3.44. The van der Waals surface area contributed by atoms with Crippen LogP contribution in [0.5, 0.6) is 0 Å². The van der Waals surface area contributed by atoms with Crippen LogP contribution in [0.25, 0.3) is 0 Å². The quantitative estimate of drug-likeness (QED) is 0.429. The van der Waals surface area contributed by atoms with Crippen molar-refractivity contribution in [2.24, 2.45) is 4.99 Å². The molecule has 1 aliphatic heterocycles. The number of hydrogen-bond acceptors (Lipinski definition) is 3. The maximum Gasteiger partial charge on any atom is 0.194 e. The van der Waals surface area contributed by atoms with E-state index in [0.717, 1.165) is 31.3 Å². The van der Waals surface area contributed by atoms with Gasteiger partial charge in [0.15, 0.2) is 5.96 Å². The predicted molar refractivity (Wildman–Crippen MR) is 112 cm³/mol. The molecule has 1 saturated heterocycles. The van der Waals surface area contributed by atoms with Gasteiger partial charge in [-0.25, -0.2) is 9.98 Å². The number of aliphatic imine (C=N–C) groups is 1. The van der Waals surface area contributed by atoms with Gasteiger partial charge in [-0.2, -0.15) is 0 Å². The van der Waals surface area contributed by atoms with E-state index in [0.29, 0.717) is 12.5 Å². The van der Waals surface area contributed by atoms with Crippen LogP contribution < -0.4 is 5.32 Å². The van der Waals surface area contributed by atoms with E-state index >= 15 is 0 Å². The average Bonchev–Trinajstić information content (AvgIpc) is 3.22. The molecule has 1 aromatic carbocycles. The number of likely N-dealkylation sites (tertiary alicyclic amines) is 1. The van der Waals surface area contributed by atoms with Gasteiger partial charge in [0.25, 0.3) is 0 Å². The van der Waals surface area contributed by atoms with Crippen molar-refractivity contribution < 1.29 is 0 Å². The normalized spacial score (nSPS) is 17.7. The van der Waals surface area contributed by atoms with E-state index in [1.165, 1.54) is 16.9 Å². The van der Waals surface area contributed by atoms with E-state index in [1.807, 2.05) is 5.51 Å². The first-order valence-corrected chi connectivity index (χ1v) is 9.13. The van der Waals surface area contributed by atoms with Crippen molar-refractivity contribution in [1.82, 2.24) is 15.2 Å². The third-order valence-corrected chi connectivity index (χ3v) is 5.23. The van der Waals surface area contributed by atoms with Gasteiger partial charge in [0, 0.05) is 30.4 Å². The molecular weight excluding hydrogens is 431 g/mol. The van der Waals surface area contributed by atoms with Crippen LogP contribution in [-0.4, -0.2) is 35.5 Å². The smallest absolute Gasteiger partial charge is 0.194 e. The molecule has 1 aromatic heterocycles. The summed E-state index contributed by atoms with van der Waals surface area (Å²) in [6.07, 6.45) is 1.19. The molecule has 24 heavy (non-hydrogen) atoms. The molecule has 1 N–H and O–H groups in total. The van der Waals surface area contributed by atoms with Crippen LogP contribution in [0.4, 0.5) is 0 Å². The number of aromatic nitrogens is 1. The molecule has 0 amide bonds. The second-order valence-electron chi connectivity index (χ2n) is 5.87. The Bertz CT molecular complexity index is 656. The van der Waals surface area contributed by atoms with Gasteiger partial charge in [-0.1, -0.05) is 30.3 Å². The molecule has 2 heterocycles. The van der Waals surface area contributed by atoms with Crippen LogP contribution in [0.2, 0.25) is 0 Å². The predicted octanol–water partition coefficient (Wildman–Crippen LogP) is 4.02. The zero-order valence-corrected chi connectivity index (χ0v) is 17.4. The fourth-order valence-electron chi connectivity index (χ4n) is 3.00. The Hall–Kier alpha value is -1.15. The first-order valence-electron chi connectivity index (χ1n) is 8.25. The van der Waals surface area contributed by atoms with Crippen molar-refractivity contribution in [1.29, 1.82) is 0 Å². The number of nitrogens with one attached hydrogen (secondary N) is 1. The second kappa shape index (κ2) is 9.36. The molecule has 1 fully saturated rings. The summed E-state index contributed by atoms with van der Waals surface area (Å²) in [6.45, 7) is 7.89. The van der Waals surface area contributed by atoms with Crippen LogP contribution >= 0.6 is 35.3 Å². The van der Waals surface area contributed by atoms with E-state index in [1.54, 1.807) is 11.3 Å². The molecule has 0 aliphatic carbocycles. The highest BCUT2D eigenvalue weighted by atomic mass is 127. The zero-order valence-electron chi connectivity index (χ0n) is 14.2. The lowest BCUT2D eigenvalue weighted by Gasteiger charge is -2.21. The first-order chi connectivity index (χ1) is 11.3. The van der Waals surface area contributed by atoms with E-state index < -0.39 is 0 Å². The maximum atomic E-state index is 4.83. The summed E-state index contributed by atoms with van der Waals surface area (Å²) in [4.78, 5) is 12.8. The van der Waals surface area contributed by atoms with Crippen molar-refractivity contribution in [2.75, 3.05) is 19.6 Å². The van der Waals surface area contributed by atoms with Crippen LogP contribution in [0.1, 0.15) is 35.4 Å². The Kier molecular flexibility index (Phi) is 7.48. The molecule has 1 atom stereocenters. The van der Waals surface area contributed by atoms with Crippen molar-refractivity contribution in [3.63, 3.8) is 0 Å². The van der Waals surface area contributed by atoms with Gasteiger partial charge in [-0.05, 0) is 25.8 Å². The standard InChI is InChI=1S/C18H24N4S.HI/c1-3-19-18(20-11-17-14(2)21-13-23-17)22-10-9-16(12-22)15-7-5-4-6-8-15;/h4-8,13,16H,3,9-12H2,1-2H3,(H,19,20);1H. The monoisotopic (exact) mass is 456 g/mol. The molecular formula is C18H25IN4S. The third-order valence-electron chi connectivity index (χ3n) is 4.31. The summed E-state index contributed by atoms with van der Waals surface area (Å²) in [6, 6.07) is 10.8. The minimum absolute atomic E-state index is 0. The van der Waals surface area contributed by atoms with Gasteiger partial charge in [-0.3, -0.25) is 0 Å². The lowest BCUT2D eigenvalue weighted by molar-refractivity contribution is 0.486. The fraction of sp³-hybridized carbons (Fsp3) is 0.444. The molecule has 0 saturated carbocycles. The molecule has 2 aromatic rings. The number of aryl methyl sites for hydroxylation is 1. The Morgan fingerprint density at radius 3 is 2.83 bits per heavy atom. The van der Waals surface area contributed by atoms with Gasteiger partial charge in [0.05, 0.1) is 17.7 Å². The summed E-state index contributed by atoms with van der Waals surface area (Å²) in [7, 11) is 0. The Morgan fingerprint density at radius 1 is 1.38 bits per heavy atom. The highest BCUT2D eigenvalue weighted by Crippen LogP contribution is 2.27. The summed E-state index contributed by atoms with van der Waals surface area (Å²) in [5.41, 5.74) is 4.43. The van der Waals surface area contributed by atoms with Gasteiger partial charge in [-0.15, -0.1) is 35.3 Å². The van der Waals surface area contributed by atoms with E-state index in [-0.39, 0.29) is 24.0 Å². The lowest BCUT2D eigenvalue weighted by atomic mass is 9.99. The summed E-state index contributed by atoms with van der Waals surface area (Å²) < 4.78 is 0. The van der Waals surface area contributed by atoms with Crippen molar-refractivity contribution in [2.45, 2.75) is 32.7 Å². The molecule has 6 heteroatoms. The highest BCUT2D eigenvalue weighted by Gasteiger charge is 2.25. The number of halogens is 1. The number of nitrogens with zero attached hydrogens (tertiary/aromatic N) is 3. The maximum absolute atomic E-state index is 4.83. The summed E-state index contributed by atoms with van der Waals surface area (Å²) >= 11 is 1.69. The number of thiazole rings is 1. The van der Waals surface area contributed by atoms with Crippen molar-refractivity contribution in [3.8, 4) is 0 Å². The number of rotatable bonds is 4. The Balaban J connectivity index is 0.00000208.